The summed E-state index contributed by atoms with van der Waals surface area (Å²) in [5, 5.41) is 18.5. The standard InChI is InChI=1S/C15H24ClN3O3/c1-15(2,3)18-8-11(20)9-22-13-6-5-10(7-12(13)16)19-14(21)17-4/h5-7,11,18,20H,8-9H2,1-4H3,(H2,17,19,21). The molecule has 22 heavy (non-hydrogen) atoms. The second-order valence-electron chi connectivity index (χ2n) is 5.95. The van der Waals surface area contributed by atoms with Crippen molar-refractivity contribution in [2.24, 2.45) is 0 Å². The van der Waals surface area contributed by atoms with Gasteiger partial charge in [-0.3, -0.25) is 0 Å². The molecule has 0 bridgehead atoms. The third-order valence-electron chi connectivity index (χ3n) is 2.72. The molecule has 124 valence electrons. The molecular weight excluding hydrogens is 306 g/mol. The van der Waals surface area contributed by atoms with Crippen LogP contribution in [0, 0.1) is 0 Å². The fourth-order valence-electron chi connectivity index (χ4n) is 1.56. The summed E-state index contributed by atoms with van der Waals surface area (Å²) >= 11 is 6.10. The van der Waals surface area contributed by atoms with Crippen LogP contribution in [0.2, 0.25) is 5.02 Å². The Bertz CT molecular complexity index is 503. The third-order valence-corrected chi connectivity index (χ3v) is 3.01. The summed E-state index contributed by atoms with van der Waals surface area (Å²) in [6.07, 6.45) is -0.640. The highest BCUT2D eigenvalue weighted by molar-refractivity contribution is 6.32. The molecule has 1 aromatic rings. The molecule has 0 aliphatic rings. The molecule has 2 amide bonds. The maximum absolute atomic E-state index is 11.2. The van der Waals surface area contributed by atoms with Gasteiger partial charge in [-0.1, -0.05) is 11.6 Å². The molecule has 0 spiro atoms. The highest BCUT2D eigenvalue weighted by Crippen LogP contribution is 2.27. The van der Waals surface area contributed by atoms with Gasteiger partial charge in [-0.15, -0.1) is 0 Å². The van der Waals surface area contributed by atoms with Crippen molar-refractivity contribution in [3.63, 3.8) is 0 Å². The van der Waals surface area contributed by atoms with Gasteiger partial charge in [0.25, 0.3) is 0 Å². The minimum atomic E-state index is -0.640. The molecule has 0 fully saturated rings. The van der Waals surface area contributed by atoms with E-state index < -0.39 is 6.10 Å². The Morgan fingerprint density at radius 2 is 2.09 bits per heavy atom. The number of anilines is 1. The molecular formula is C15H24ClN3O3. The van der Waals surface area contributed by atoms with E-state index in [4.69, 9.17) is 16.3 Å². The summed E-state index contributed by atoms with van der Waals surface area (Å²) in [6, 6.07) is 4.59. The van der Waals surface area contributed by atoms with Crippen LogP contribution in [0.3, 0.4) is 0 Å². The van der Waals surface area contributed by atoms with Gasteiger partial charge in [0.15, 0.2) is 0 Å². The minimum absolute atomic E-state index is 0.0637. The van der Waals surface area contributed by atoms with Crippen LogP contribution in [-0.2, 0) is 0 Å². The van der Waals surface area contributed by atoms with E-state index in [9.17, 15) is 9.90 Å². The Labute approximate surface area is 136 Å². The topological polar surface area (TPSA) is 82.6 Å². The molecule has 6 nitrogen and oxygen atoms in total. The minimum Gasteiger partial charge on any atom is -0.489 e. The van der Waals surface area contributed by atoms with E-state index in [2.05, 4.69) is 16.0 Å². The predicted octanol–water partition coefficient (Wildman–Crippen LogP) is 2.22. The smallest absolute Gasteiger partial charge is 0.318 e. The number of amides is 2. The van der Waals surface area contributed by atoms with Crippen LogP contribution >= 0.6 is 11.6 Å². The molecule has 0 aliphatic heterocycles. The van der Waals surface area contributed by atoms with Gasteiger partial charge in [0, 0.05) is 24.8 Å². The average molecular weight is 330 g/mol. The Morgan fingerprint density at radius 3 is 2.64 bits per heavy atom. The summed E-state index contributed by atoms with van der Waals surface area (Å²) in [5.41, 5.74) is 0.498. The van der Waals surface area contributed by atoms with E-state index in [1.807, 2.05) is 20.8 Å². The van der Waals surface area contributed by atoms with Crippen molar-refractivity contribution in [2.45, 2.75) is 32.4 Å². The van der Waals surface area contributed by atoms with E-state index in [0.717, 1.165) is 0 Å². The summed E-state index contributed by atoms with van der Waals surface area (Å²) < 4.78 is 5.50. The quantitative estimate of drug-likeness (QED) is 0.645. The number of urea groups is 1. The molecule has 7 heteroatoms. The van der Waals surface area contributed by atoms with Gasteiger partial charge in [-0.2, -0.15) is 0 Å². The van der Waals surface area contributed by atoms with E-state index in [0.29, 0.717) is 23.0 Å². The largest absolute Gasteiger partial charge is 0.489 e. The number of carbonyl (C=O) groups excluding carboxylic acids is 1. The van der Waals surface area contributed by atoms with Gasteiger partial charge in [0.1, 0.15) is 18.5 Å². The highest BCUT2D eigenvalue weighted by atomic mass is 35.5. The maximum atomic E-state index is 11.2. The third kappa shape index (κ3) is 6.98. The molecule has 1 atom stereocenters. The summed E-state index contributed by atoms with van der Waals surface area (Å²) in [6.45, 7) is 6.63. The molecule has 1 aromatic carbocycles. The first-order valence-corrected chi connectivity index (χ1v) is 7.43. The lowest BCUT2D eigenvalue weighted by molar-refractivity contribution is 0.100. The van der Waals surface area contributed by atoms with Gasteiger partial charge in [-0.05, 0) is 39.0 Å². The average Bonchev–Trinajstić information content (AvgIpc) is 2.43. The lowest BCUT2D eigenvalue weighted by Crippen LogP contribution is -2.42. The van der Waals surface area contributed by atoms with Gasteiger partial charge in [-0.25, -0.2) is 4.79 Å². The fraction of sp³-hybridized carbons (Fsp3) is 0.533. The number of halogens is 1. The van der Waals surface area contributed by atoms with E-state index in [1.54, 1.807) is 18.2 Å². The van der Waals surface area contributed by atoms with Crippen LogP contribution in [0.5, 0.6) is 5.75 Å². The molecule has 4 N–H and O–H groups in total. The zero-order chi connectivity index (χ0) is 16.8. The van der Waals surface area contributed by atoms with Crippen molar-refractivity contribution in [3.05, 3.63) is 23.2 Å². The lowest BCUT2D eigenvalue weighted by atomic mass is 10.1. The summed E-state index contributed by atoms with van der Waals surface area (Å²) in [4.78, 5) is 11.2. The maximum Gasteiger partial charge on any atom is 0.318 e. The van der Waals surface area contributed by atoms with Gasteiger partial charge in [0.2, 0.25) is 0 Å². The highest BCUT2D eigenvalue weighted by Gasteiger charge is 2.13. The molecule has 1 rings (SSSR count). The number of nitrogens with one attached hydrogen (secondary N) is 3. The van der Waals surface area contributed by atoms with Gasteiger partial charge >= 0.3 is 6.03 Å². The Hall–Kier alpha value is -1.50. The van der Waals surface area contributed by atoms with Crippen molar-refractivity contribution in [3.8, 4) is 5.75 Å². The Balaban J connectivity index is 2.51. The molecule has 0 saturated carbocycles. The number of rotatable bonds is 6. The van der Waals surface area contributed by atoms with E-state index >= 15 is 0 Å². The fourth-order valence-corrected chi connectivity index (χ4v) is 1.79. The molecule has 0 aromatic heterocycles. The van der Waals surface area contributed by atoms with Crippen LogP contribution in [0.15, 0.2) is 18.2 Å². The normalized spacial score (nSPS) is 12.6. The van der Waals surface area contributed by atoms with Crippen LogP contribution < -0.4 is 20.7 Å². The number of aliphatic hydroxyl groups is 1. The van der Waals surface area contributed by atoms with Crippen molar-refractivity contribution >= 4 is 23.3 Å². The van der Waals surface area contributed by atoms with Crippen LogP contribution in [0.25, 0.3) is 0 Å². The van der Waals surface area contributed by atoms with Crippen molar-refractivity contribution < 1.29 is 14.6 Å². The number of aliphatic hydroxyl groups excluding tert-OH is 1. The predicted molar refractivity (Wildman–Crippen MR) is 88.8 cm³/mol. The molecule has 1 unspecified atom stereocenters. The Kier molecular flexibility index (Phi) is 6.93. The van der Waals surface area contributed by atoms with Crippen LogP contribution in [0.4, 0.5) is 10.5 Å². The van der Waals surface area contributed by atoms with E-state index in [1.165, 1.54) is 7.05 Å². The van der Waals surface area contributed by atoms with Crippen LogP contribution in [0.1, 0.15) is 20.8 Å². The van der Waals surface area contributed by atoms with Crippen LogP contribution in [-0.4, -0.2) is 43.0 Å². The first-order chi connectivity index (χ1) is 10.2. The molecule has 0 heterocycles. The first kappa shape index (κ1) is 18.5. The number of carbonyl (C=O) groups is 1. The number of benzene rings is 1. The van der Waals surface area contributed by atoms with E-state index in [-0.39, 0.29) is 18.2 Å². The Morgan fingerprint density at radius 1 is 1.41 bits per heavy atom. The van der Waals surface area contributed by atoms with Crippen molar-refractivity contribution in [1.29, 1.82) is 0 Å². The number of hydrogen-bond acceptors (Lipinski definition) is 4. The van der Waals surface area contributed by atoms with Crippen molar-refractivity contribution in [1.82, 2.24) is 10.6 Å². The SMILES string of the molecule is CNC(=O)Nc1ccc(OCC(O)CNC(C)(C)C)c(Cl)c1. The summed E-state index contributed by atoms with van der Waals surface area (Å²) in [5.74, 6) is 0.457. The zero-order valence-electron chi connectivity index (χ0n) is 13.4. The van der Waals surface area contributed by atoms with Crippen molar-refractivity contribution in [2.75, 3.05) is 25.5 Å². The number of ether oxygens (including phenoxy) is 1. The first-order valence-electron chi connectivity index (χ1n) is 7.05. The monoisotopic (exact) mass is 329 g/mol. The second kappa shape index (κ2) is 8.22. The molecule has 0 aliphatic carbocycles. The second-order valence-corrected chi connectivity index (χ2v) is 6.35. The summed E-state index contributed by atoms with van der Waals surface area (Å²) in [7, 11) is 1.53. The zero-order valence-corrected chi connectivity index (χ0v) is 14.1. The lowest BCUT2D eigenvalue weighted by Gasteiger charge is -2.23. The number of hydrogen-bond donors (Lipinski definition) is 4. The van der Waals surface area contributed by atoms with Gasteiger partial charge in [0.05, 0.1) is 5.02 Å². The number of β-amino-alcohol motifs (C(OH)–C–C–N with tert-alkyl or cyclic N) is 1. The van der Waals surface area contributed by atoms with Gasteiger partial charge < -0.3 is 25.8 Å². The molecule has 0 saturated heterocycles. The molecule has 0 radical (unpaired) electrons.